The standard InChI is InChI=1S/C35H68O10/c1-5-9-14-30(7-3)42-20-28(36)18-38-24-35(45-32-16-12-11-13-17-32)25-39-19-29(37)21-43-33-22-40-26-34(27-41-23-33)44-31(8-4)15-10-6-2/h28-37H,5-27H2,1-4H3. The molecule has 268 valence electrons. The van der Waals surface area contributed by atoms with Gasteiger partial charge in [-0.1, -0.05) is 72.6 Å². The first-order chi connectivity index (χ1) is 22.0. The predicted octanol–water partition coefficient (Wildman–Crippen LogP) is 5.23. The summed E-state index contributed by atoms with van der Waals surface area (Å²) in [5, 5.41) is 20.9. The molecule has 2 rings (SSSR count). The van der Waals surface area contributed by atoms with Crippen molar-refractivity contribution in [2.45, 2.75) is 160 Å². The van der Waals surface area contributed by atoms with Crippen molar-refractivity contribution in [3.63, 3.8) is 0 Å². The summed E-state index contributed by atoms with van der Waals surface area (Å²) in [4.78, 5) is 0. The normalized spacial score (nSPS) is 23.6. The molecule has 2 N–H and O–H groups in total. The van der Waals surface area contributed by atoms with Crippen LogP contribution in [0.4, 0.5) is 0 Å². The summed E-state index contributed by atoms with van der Waals surface area (Å²) < 4.78 is 47.8. The van der Waals surface area contributed by atoms with Gasteiger partial charge < -0.3 is 48.1 Å². The molecule has 1 aliphatic heterocycles. The largest absolute Gasteiger partial charge is 0.388 e. The summed E-state index contributed by atoms with van der Waals surface area (Å²) in [6.45, 7) is 11.7. The van der Waals surface area contributed by atoms with Crippen molar-refractivity contribution < 1.29 is 48.1 Å². The third-order valence-corrected chi connectivity index (χ3v) is 8.48. The molecule has 0 aromatic carbocycles. The van der Waals surface area contributed by atoms with Crippen molar-refractivity contribution in [2.24, 2.45) is 0 Å². The number of ether oxygens (including phenoxy) is 8. The molecular weight excluding hydrogens is 580 g/mol. The van der Waals surface area contributed by atoms with Gasteiger partial charge in [0, 0.05) is 0 Å². The molecule has 45 heavy (non-hydrogen) atoms. The van der Waals surface area contributed by atoms with Gasteiger partial charge in [-0.2, -0.15) is 0 Å². The summed E-state index contributed by atoms with van der Waals surface area (Å²) in [6, 6.07) is 0. The maximum atomic E-state index is 10.5. The van der Waals surface area contributed by atoms with Gasteiger partial charge >= 0.3 is 0 Å². The maximum Gasteiger partial charge on any atom is 0.104 e. The number of aliphatic hydroxyl groups excluding tert-OH is 2. The Kier molecular flexibility index (Phi) is 24.0. The van der Waals surface area contributed by atoms with Crippen LogP contribution in [0, 0.1) is 0 Å². The summed E-state index contributed by atoms with van der Waals surface area (Å²) in [5.41, 5.74) is 0. The highest BCUT2D eigenvalue weighted by molar-refractivity contribution is 4.70. The maximum absolute atomic E-state index is 10.5. The van der Waals surface area contributed by atoms with E-state index in [4.69, 9.17) is 37.9 Å². The van der Waals surface area contributed by atoms with Crippen LogP contribution in [-0.4, -0.2) is 125 Å². The SMILES string of the molecule is CCCCC(CC)OCC(O)COCC(COCC(O)COC1COCC(OC(CC)CCCC)COC1)OC1CCCCC1. The van der Waals surface area contributed by atoms with Gasteiger partial charge in [0.2, 0.25) is 0 Å². The van der Waals surface area contributed by atoms with Crippen LogP contribution in [0.2, 0.25) is 0 Å². The molecule has 0 aromatic rings. The fourth-order valence-electron chi connectivity index (χ4n) is 5.70. The van der Waals surface area contributed by atoms with Crippen LogP contribution in [-0.2, 0) is 37.9 Å². The predicted molar refractivity (Wildman–Crippen MR) is 175 cm³/mol. The van der Waals surface area contributed by atoms with Crippen molar-refractivity contribution >= 4 is 0 Å². The zero-order valence-corrected chi connectivity index (χ0v) is 29.0. The molecule has 0 aromatic heterocycles. The van der Waals surface area contributed by atoms with Crippen LogP contribution in [0.5, 0.6) is 0 Å². The van der Waals surface area contributed by atoms with Gasteiger partial charge in [-0.25, -0.2) is 0 Å². The van der Waals surface area contributed by atoms with Crippen molar-refractivity contribution in [2.75, 3.05) is 66.1 Å². The van der Waals surface area contributed by atoms with Gasteiger partial charge in [0.1, 0.15) is 30.5 Å². The number of rotatable bonds is 26. The van der Waals surface area contributed by atoms with Gasteiger partial charge in [-0.05, 0) is 38.5 Å². The topological polar surface area (TPSA) is 114 Å². The Morgan fingerprint density at radius 2 is 1.11 bits per heavy atom. The zero-order chi connectivity index (χ0) is 32.5. The molecule has 0 bridgehead atoms. The molecule has 0 amide bonds. The first-order valence-electron chi connectivity index (χ1n) is 18.2. The average molecular weight is 649 g/mol. The number of hydrogen-bond acceptors (Lipinski definition) is 10. The number of unbranched alkanes of at least 4 members (excludes halogenated alkanes) is 2. The van der Waals surface area contributed by atoms with Crippen LogP contribution in [0.1, 0.15) is 111 Å². The smallest absolute Gasteiger partial charge is 0.104 e. The Morgan fingerprint density at radius 1 is 0.578 bits per heavy atom. The lowest BCUT2D eigenvalue weighted by Gasteiger charge is -2.29. The van der Waals surface area contributed by atoms with E-state index in [9.17, 15) is 10.2 Å². The van der Waals surface area contributed by atoms with Crippen molar-refractivity contribution in [3.8, 4) is 0 Å². The highest BCUT2D eigenvalue weighted by atomic mass is 16.6. The van der Waals surface area contributed by atoms with E-state index in [0.29, 0.717) is 39.6 Å². The van der Waals surface area contributed by atoms with E-state index >= 15 is 0 Å². The van der Waals surface area contributed by atoms with Gasteiger partial charge in [-0.15, -0.1) is 0 Å². The Balaban J connectivity index is 1.66. The molecular formula is C35H68O10. The van der Waals surface area contributed by atoms with Crippen LogP contribution in [0.25, 0.3) is 0 Å². The first-order valence-corrected chi connectivity index (χ1v) is 18.2. The molecule has 1 saturated heterocycles. The second-order valence-electron chi connectivity index (χ2n) is 12.9. The van der Waals surface area contributed by atoms with E-state index < -0.39 is 12.2 Å². The minimum Gasteiger partial charge on any atom is -0.388 e. The third-order valence-electron chi connectivity index (χ3n) is 8.48. The fraction of sp³-hybridized carbons (Fsp3) is 1.00. The van der Waals surface area contributed by atoms with Gasteiger partial charge in [0.15, 0.2) is 0 Å². The minimum atomic E-state index is -0.787. The van der Waals surface area contributed by atoms with Crippen LogP contribution < -0.4 is 0 Å². The number of aliphatic hydroxyl groups is 2. The van der Waals surface area contributed by atoms with Gasteiger partial charge in [0.25, 0.3) is 0 Å². The summed E-state index contributed by atoms with van der Waals surface area (Å²) in [7, 11) is 0. The number of hydrogen-bond donors (Lipinski definition) is 2. The third kappa shape index (κ3) is 19.9. The molecule has 2 aliphatic rings. The summed E-state index contributed by atoms with van der Waals surface area (Å²) in [5.74, 6) is 0. The van der Waals surface area contributed by atoms with E-state index in [1.807, 2.05) is 0 Å². The molecule has 10 nitrogen and oxygen atoms in total. The van der Waals surface area contributed by atoms with Gasteiger partial charge in [-0.3, -0.25) is 0 Å². The van der Waals surface area contributed by atoms with E-state index in [0.717, 1.165) is 64.2 Å². The van der Waals surface area contributed by atoms with Crippen molar-refractivity contribution in [3.05, 3.63) is 0 Å². The molecule has 10 heteroatoms. The van der Waals surface area contributed by atoms with Crippen LogP contribution in [0.15, 0.2) is 0 Å². The Labute approximate surface area is 274 Å². The summed E-state index contributed by atoms with van der Waals surface area (Å²) in [6.07, 6.45) is 12.8. The van der Waals surface area contributed by atoms with Gasteiger partial charge in [0.05, 0.1) is 84.4 Å². The quantitative estimate of drug-likeness (QED) is 0.129. The minimum absolute atomic E-state index is 0.0694. The average Bonchev–Trinajstić information content (AvgIpc) is 3.03. The molecule has 5 atom stereocenters. The second-order valence-corrected chi connectivity index (χ2v) is 12.9. The van der Waals surface area contributed by atoms with Crippen molar-refractivity contribution in [1.82, 2.24) is 0 Å². The van der Waals surface area contributed by atoms with E-state index in [-0.39, 0.29) is 63.1 Å². The Bertz CT molecular complexity index is 654. The molecule has 5 unspecified atom stereocenters. The van der Waals surface area contributed by atoms with E-state index in [2.05, 4.69) is 27.7 Å². The molecule has 1 heterocycles. The molecule has 1 saturated carbocycles. The fourth-order valence-corrected chi connectivity index (χ4v) is 5.70. The van der Waals surface area contributed by atoms with E-state index in [1.54, 1.807) is 0 Å². The lowest BCUT2D eigenvalue weighted by Crippen LogP contribution is -2.39. The molecule has 1 aliphatic carbocycles. The van der Waals surface area contributed by atoms with E-state index in [1.165, 1.54) is 19.3 Å². The van der Waals surface area contributed by atoms with Crippen molar-refractivity contribution in [1.29, 1.82) is 0 Å². The monoisotopic (exact) mass is 648 g/mol. The lowest BCUT2D eigenvalue weighted by molar-refractivity contribution is -0.154. The molecule has 0 radical (unpaired) electrons. The molecule has 0 spiro atoms. The Hall–Kier alpha value is -0.400. The summed E-state index contributed by atoms with van der Waals surface area (Å²) >= 11 is 0. The highest BCUT2D eigenvalue weighted by Crippen LogP contribution is 2.22. The second kappa shape index (κ2) is 26.5. The lowest BCUT2D eigenvalue weighted by atomic mass is 9.98. The zero-order valence-electron chi connectivity index (χ0n) is 29.0. The van der Waals surface area contributed by atoms with Crippen LogP contribution >= 0.6 is 0 Å². The first kappa shape index (κ1) is 40.8. The highest BCUT2D eigenvalue weighted by Gasteiger charge is 2.23. The Morgan fingerprint density at radius 3 is 1.69 bits per heavy atom. The molecule has 2 fully saturated rings. The van der Waals surface area contributed by atoms with Crippen LogP contribution in [0.3, 0.4) is 0 Å².